The molecule has 4 heteroatoms. The molecule has 1 fully saturated rings. The molecule has 1 aliphatic rings. The quantitative estimate of drug-likeness (QED) is 0.586. The van der Waals surface area contributed by atoms with E-state index in [1.807, 2.05) is 30.3 Å². The summed E-state index contributed by atoms with van der Waals surface area (Å²) >= 11 is 0. The van der Waals surface area contributed by atoms with E-state index in [-0.39, 0.29) is 11.9 Å². The van der Waals surface area contributed by atoms with Gasteiger partial charge in [-0.05, 0) is 31.2 Å². The number of hydrogen-bond donors (Lipinski definition) is 1. The first-order chi connectivity index (χ1) is 11.7. The molecule has 24 heavy (non-hydrogen) atoms. The molecule has 1 aliphatic carbocycles. The summed E-state index contributed by atoms with van der Waals surface area (Å²) in [4.78, 5) is 24.7. The van der Waals surface area contributed by atoms with Gasteiger partial charge in [-0.25, -0.2) is 0 Å². The SMILES string of the molecule is CCOC(=O)C(CC1CCCCC1)C(=O)NCCc1ccccc1. The van der Waals surface area contributed by atoms with Crippen molar-refractivity contribution in [2.45, 2.75) is 51.9 Å². The number of amides is 1. The van der Waals surface area contributed by atoms with Crippen LogP contribution in [0.1, 0.15) is 51.0 Å². The molecule has 1 N–H and O–H groups in total. The fourth-order valence-electron chi connectivity index (χ4n) is 3.41. The van der Waals surface area contributed by atoms with Crippen molar-refractivity contribution in [3.8, 4) is 0 Å². The van der Waals surface area contributed by atoms with E-state index in [4.69, 9.17) is 4.74 Å². The van der Waals surface area contributed by atoms with Crippen LogP contribution in [0.3, 0.4) is 0 Å². The second-order valence-corrected chi connectivity index (χ2v) is 6.57. The Morgan fingerprint density at radius 3 is 2.54 bits per heavy atom. The standard InChI is InChI=1S/C20H29NO3/c1-2-24-20(23)18(15-17-11-7-4-8-12-17)19(22)21-14-13-16-9-5-3-6-10-16/h3,5-6,9-10,17-18H,2,4,7-8,11-15H2,1H3,(H,21,22). The molecule has 1 aromatic rings. The average Bonchev–Trinajstić information content (AvgIpc) is 2.61. The van der Waals surface area contributed by atoms with E-state index < -0.39 is 5.92 Å². The summed E-state index contributed by atoms with van der Waals surface area (Å²) in [5.41, 5.74) is 1.18. The molecule has 132 valence electrons. The molecule has 0 spiro atoms. The zero-order valence-corrected chi connectivity index (χ0v) is 14.6. The van der Waals surface area contributed by atoms with Crippen molar-refractivity contribution in [2.75, 3.05) is 13.2 Å². The maximum absolute atomic E-state index is 12.5. The summed E-state index contributed by atoms with van der Waals surface area (Å²) in [7, 11) is 0. The van der Waals surface area contributed by atoms with Gasteiger partial charge in [0.05, 0.1) is 6.61 Å². The van der Waals surface area contributed by atoms with Gasteiger partial charge >= 0.3 is 5.97 Å². The van der Waals surface area contributed by atoms with Gasteiger partial charge in [0.25, 0.3) is 0 Å². The number of ether oxygens (including phenoxy) is 1. The summed E-state index contributed by atoms with van der Waals surface area (Å²) in [6, 6.07) is 10.0. The number of hydrogen-bond acceptors (Lipinski definition) is 3. The Hall–Kier alpha value is -1.84. The lowest BCUT2D eigenvalue weighted by Gasteiger charge is -2.25. The van der Waals surface area contributed by atoms with Crippen LogP contribution in [0.5, 0.6) is 0 Å². The molecule has 1 unspecified atom stereocenters. The van der Waals surface area contributed by atoms with E-state index in [1.54, 1.807) is 6.92 Å². The summed E-state index contributed by atoms with van der Waals surface area (Å²) < 4.78 is 5.13. The minimum absolute atomic E-state index is 0.185. The molecule has 1 saturated carbocycles. The Labute approximate surface area is 145 Å². The summed E-state index contributed by atoms with van der Waals surface area (Å²) in [6.45, 7) is 2.64. The van der Waals surface area contributed by atoms with Crippen molar-refractivity contribution in [3.63, 3.8) is 0 Å². The van der Waals surface area contributed by atoms with Crippen molar-refractivity contribution in [1.29, 1.82) is 0 Å². The summed E-state index contributed by atoms with van der Waals surface area (Å²) in [5.74, 6) is -0.757. The van der Waals surface area contributed by atoms with Crippen LogP contribution in [0, 0.1) is 11.8 Å². The molecule has 0 aliphatic heterocycles. The molecule has 0 aromatic heterocycles. The van der Waals surface area contributed by atoms with E-state index in [0.29, 0.717) is 25.5 Å². The van der Waals surface area contributed by atoms with E-state index in [9.17, 15) is 9.59 Å². The van der Waals surface area contributed by atoms with Gasteiger partial charge in [0.15, 0.2) is 0 Å². The largest absolute Gasteiger partial charge is 0.465 e. The highest BCUT2D eigenvalue weighted by Crippen LogP contribution is 2.29. The minimum atomic E-state index is -0.663. The highest BCUT2D eigenvalue weighted by Gasteiger charge is 2.31. The Morgan fingerprint density at radius 1 is 1.17 bits per heavy atom. The topological polar surface area (TPSA) is 55.4 Å². The number of esters is 1. The lowest BCUT2D eigenvalue weighted by Crippen LogP contribution is -2.38. The fourth-order valence-corrected chi connectivity index (χ4v) is 3.41. The Morgan fingerprint density at radius 2 is 1.88 bits per heavy atom. The van der Waals surface area contributed by atoms with Crippen molar-refractivity contribution in [2.24, 2.45) is 11.8 Å². The third-order valence-corrected chi connectivity index (χ3v) is 4.74. The highest BCUT2D eigenvalue weighted by molar-refractivity contribution is 5.97. The predicted octanol–water partition coefficient (Wildman–Crippen LogP) is 3.50. The number of carbonyl (C=O) groups excluding carboxylic acids is 2. The average molecular weight is 331 g/mol. The molecule has 2 rings (SSSR count). The molecule has 0 saturated heterocycles. The first-order valence-corrected chi connectivity index (χ1v) is 9.19. The van der Waals surface area contributed by atoms with Crippen LogP contribution in [-0.4, -0.2) is 25.0 Å². The van der Waals surface area contributed by atoms with Crippen LogP contribution in [0.4, 0.5) is 0 Å². The van der Waals surface area contributed by atoms with Gasteiger partial charge < -0.3 is 10.1 Å². The fraction of sp³-hybridized carbons (Fsp3) is 0.600. The van der Waals surface area contributed by atoms with Gasteiger partial charge in [0.2, 0.25) is 5.91 Å². The molecule has 0 radical (unpaired) electrons. The smallest absolute Gasteiger partial charge is 0.318 e. The van der Waals surface area contributed by atoms with Gasteiger partial charge in [0.1, 0.15) is 5.92 Å². The Kier molecular flexibility index (Phi) is 7.80. The summed E-state index contributed by atoms with van der Waals surface area (Å²) in [6.07, 6.45) is 7.30. The van der Waals surface area contributed by atoms with Gasteiger partial charge in [-0.2, -0.15) is 0 Å². The van der Waals surface area contributed by atoms with Crippen LogP contribution < -0.4 is 5.32 Å². The number of benzene rings is 1. The minimum Gasteiger partial charge on any atom is -0.465 e. The van der Waals surface area contributed by atoms with Crippen LogP contribution in [-0.2, 0) is 20.7 Å². The molecule has 1 aromatic carbocycles. The zero-order valence-electron chi connectivity index (χ0n) is 14.6. The summed E-state index contributed by atoms with van der Waals surface area (Å²) in [5, 5.41) is 2.92. The highest BCUT2D eigenvalue weighted by atomic mass is 16.5. The normalized spacial score (nSPS) is 16.4. The predicted molar refractivity (Wildman–Crippen MR) is 94.5 cm³/mol. The lowest BCUT2D eigenvalue weighted by molar-refractivity contribution is -0.153. The second kappa shape index (κ2) is 10.1. The van der Waals surface area contributed by atoms with Crippen molar-refractivity contribution in [3.05, 3.63) is 35.9 Å². The maximum atomic E-state index is 12.5. The van der Waals surface area contributed by atoms with E-state index in [1.165, 1.54) is 24.8 Å². The first-order valence-electron chi connectivity index (χ1n) is 9.19. The van der Waals surface area contributed by atoms with Crippen LogP contribution in [0.15, 0.2) is 30.3 Å². The van der Waals surface area contributed by atoms with Gasteiger partial charge in [0, 0.05) is 6.54 Å². The van der Waals surface area contributed by atoms with Gasteiger partial charge in [-0.15, -0.1) is 0 Å². The molecule has 1 atom stereocenters. The monoisotopic (exact) mass is 331 g/mol. The van der Waals surface area contributed by atoms with Crippen LogP contribution in [0.25, 0.3) is 0 Å². The van der Waals surface area contributed by atoms with Crippen molar-refractivity contribution < 1.29 is 14.3 Å². The van der Waals surface area contributed by atoms with Crippen molar-refractivity contribution >= 4 is 11.9 Å². The molecular weight excluding hydrogens is 302 g/mol. The second-order valence-electron chi connectivity index (χ2n) is 6.57. The Bertz CT molecular complexity index is 509. The third kappa shape index (κ3) is 5.99. The van der Waals surface area contributed by atoms with E-state index in [0.717, 1.165) is 19.3 Å². The zero-order chi connectivity index (χ0) is 17.2. The number of rotatable bonds is 8. The Balaban J connectivity index is 1.86. The number of nitrogens with one attached hydrogen (secondary N) is 1. The molecular formula is C20H29NO3. The third-order valence-electron chi connectivity index (χ3n) is 4.74. The molecule has 1 amide bonds. The van der Waals surface area contributed by atoms with Gasteiger partial charge in [-0.3, -0.25) is 9.59 Å². The maximum Gasteiger partial charge on any atom is 0.318 e. The molecule has 0 bridgehead atoms. The molecule has 4 nitrogen and oxygen atoms in total. The van der Waals surface area contributed by atoms with E-state index >= 15 is 0 Å². The lowest BCUT2D eigenvalue weighted by atomic mass is 9.82. The van der Waals surface area contributed by atoms with Crippen LogP contribution >= 0.6 is 0 Å². The van der Waals surface area contributed by atoms with E-state index in [2.05, 4.69) is 5.32 Å². The van der Waals surface area contributed by atoms with Crippen LogP contribution in [0.2, 0.25) is 0 Å². The van der Waals surface area contributed by atoms with Crippen molar-refractivity contribution in [1.82, 2.24) is 5.32 Å². The van der Waals surface area contributed by atoms with Gasteiger partial charge in [-0.1, -0.05) is 62.4 Å². The molecule has 0 heterocycles. The first kappa shape index (κ1) is 18.5. The number of carbonyl (C=O) groups is 2.